The minimum absolute atomic E-state index is 0.188. The molecule has 0 heterocycles. The van der Waals surface area contributed by atoms with E-state index in [9.17, 15) is 14.4 Å². The molecule has 4 aromatic rings. The van der Waals surface area contributed by atoms with Gasteiger partial charge >= 0.3 is 5.97 Å². The number of halogens is 1. The first kappa shape index (κ1) is 30.8. The average Bonchev–Trinajstić information content (AvgIpc) is 3.00. The minimum atomic E-state index is -0.625. The van der Waals surface area contributed by atoms with E-state index in [0.29, 0.717) is 52.1 Å². The third-order valence-electron chi connectivity index (χ3n) is 6.04. The number of hydrogen-bond acceptors (Lipinski definition) is 7. The summed E-state index contributed by atoms with van der Waals surface area (Å²) in [6.07, 6.45) is 1.33. The van der Waals surface area contributed by atoms with Crippen LogP contribution < -0.4 is 25.0 Å². The van der Waals surface area contributed by atoms with Crippen LogP contribution in [0.15, 0.2) is 90.0 Å². The molecule has 0 aliphatic rings. The number of carbonyl (C=O) groups excluding carboxylic acids is 3. The Labute approximate surface area is 254 Å². The van der Waals surface area contributed by atoms with Gasteiger partial charge in [-0.1, -0.05) is 29.3 Å². The van der Waals surface area contributed by atoms with E-state index in [1.807, 2.05) is 32.9 Å². The highest BCUT2D eigenvalue weighted by Gasteiger charge is 2.16. The molecule has 0 aromatic heterocycles. The van der Waals surface area contributed by atoms with Crippen LogP contribution in [0.1, 0.15) is 56.0 Å². The number of esters is 1. The molecule has 0 unspecified atom stereocenters. The molecule has 4 aromatic carbocycles. The van der Waals surface area contributed by atoms with Crippen LogP contribution in [-0.4, -0.2) is 37.2 Å². The minimum Gasteiger partial charge on any atom is -0.490 e. The summed E-state index contributed by atoms with van der Waals surface area (Å²) in [6, 6.07) is 23.0. The van der Waals surface area contributed by atoms with Gasteiger partial charge in [-0.25, -0.2) is 10.2 Å². The second-order valence-corrected chi connectivity index (χ2v) is 9.63. The Morgan fingerprint density at radius 1 is 0.744 bits per heavy atom. The normalized spacial score (nSPS) is 10.7. The molecule has 10 heteroatoms. The number of anilines is 1. The van der Waals surface area contributed by atoms with Crippen molar-refractivity contribution in [1.82, 2.24) is 5.43 Å². The number of hydrazone groups is 1. The van der Waals surface area contributed by atoms with Gasteiger partial charge in [-0.15, -0.1) is 0 Å². The molecule has 0 aliphatic heterocycles. The van der Waals surface area contributed by atoms with Gasteiger partial charge in [0.2, 0.25) is 0 Å². The van der Waals surface area contributed by atoms with Crippen molar-refractivity contribution in [3.63, 3.8) is 0 Å². The highest BCUT2D eigenvalue weighted by molar-refractivity contribution is 6.31. The maximum Gasteiger partial charge on any atom is 0.343 e. The molecule has 0 saturated carbocycles. The number of aryl methyl sites for hydroxylation is 1. The van der Waals surface area contributed by atoms with E-state index in [4.69, 9.17) is 25.8 Å². The summed E-state index contributed by atoms with van der Waals surface area (Å²) < 4.78 is 16.8. The second-order valence-electron chi connectivity index (χ2n) is 9.20. The number of carbonyl (C=O) groups is 3. The Kier molecular flexibility index (Phi) is 10.5. The molecule has 220 valence electrons. The molecular formula is C33H30ClN3O6. The summed E-state index contributed by atoms with van der Waals surface area (Å²) in [5.74, 6) is -0.214. The Morgan fingerprint density at radius 3 is 2.05 bits per heavy atom. The summed E-state index contributed by atoms with van der Waals surface area (Å²) in [5, 5.41) is 7.19. The van der Waals surface area contributed by atoms with Crippen LogP contribution >= 0.6 is 11.6 Å². The predicted octanol–water partition coefficient (Wildman–Crippen LogP) is 6.68. The van der Waals surface area contributed by atoms with Gasteiger partial charge in [0.1, 0.15) is 5.75 Å². The number of rotatable bonds is 11. The number of nitrogens with zero attached hydrogens (tertiary/aromatic N) is 1. The van der Waals surface area contributed by atoms with E-state index in [1.54, 1.807) is 66.7 Å². The van der Waals surface area contributed by atoms with Crippen LogP contribution in [0.4, 0.5) is 5.69 Å². The van der Waals surface area contributed by atoms with Gasteiger partial charge in [-0.05, 0) is 93.6 Å². The molecule has 43 heavy (non-hydrogen) atoms. The quantitative estimate of drug-likeness (QED) is 0.0860. The first-order chi connectivity index (χ1) is 20.8. The highest BCUT2D eigenvalue weighted by atomic mass is 35.5. The van der Waals surface area contributed by atoms with Crippen molar-refractivity contribution in [3.8, 4) is 17.2 Å². The lowest BCUT2D eigenvalue weighted by molar-refractivity contribution is 0.0733. The van der Waals surface area contributed by atoms with Crippen LogP contribution in [-0.2, 0) is 0 Å². The number of ether oxygens (including phenoxy) is 3. The summed E-state index contributed by atoms with van der Waals surface area (Å²) in [4.78, 5) is 38.0. The second kappa shape index (κ2) is 14.7. The monoisotopic (exact) mass is 599 g/mol. The zero-order valence-corrected chi connectivity index (χ0v) is 24.6. The lowest BCUT2D eigenvalue weighted by Gasteiger charge is -2.13. The molecule has 4 rings (SSSR count). The highest BCUT2D eigenvalue weighted by Crippen LogP contribution is 2.30. The van der Waals surface area contributed by atoms with Crippen LogP contribution in [0, 0.1) is 6.92 Å². The number of benzene rings is 4. The number of hydrogen-bond donors (Lipinski definition) is 2. The molecule has 0 aliphatic carbocycles. The maximum atomic E-state index is 12.9. The van der Waals surface area contributed by atoms with E-state index in [-0.39, 0.29) is 17.2 Å². The first-order valence-electron chi connectivity index (χ1n) is 13.5. The Bertz CT molecular complexity index is 1640. The number of nitrogens with one attached hydrogen (secondary N) is 2. The van der Waals surface area contributed by atoms with Gasteiger partial charge in [-0.2, -0.15) is 5.10 Å². The average molecular weight is 600 g/mol. The standard InChI is InChI=1S/C33H30ClN3O6/c1-4-41-29-16-12-24(19-30(29)42-5-2)33(40)43-28-17-13-26(34)18-25(28)20-35-37-32(39)23-10-14-27(15-11-23)36-31(38)22-8-6-21(3)7-9-22/h6-20H,4-5H2,1-3H3,(H,36,38)(H,37,39)/b35-20+. The van der Waals surface area contributed by atoms with E-state index < -0.39 is 11.9 Å². The van der Waals surface area contributed by atoms with Crippen LogP contribution in [0.5, 0.6) is 17.2 Å². The zero-order valence-electron chi connectivity index (χ0n) is 23.8. The third kappa shape index (κ3) is 8.43. The zero-order chi connectivity index (χ0) is 30.8. The first-order valence-corrected chi connectivity index (χ1v) is 13.9. The van der Waals surface area contributed by atoms with Crippen molar-refractivity contribution < 1.29 is 28.6 Å². The number of amides is 2. The van der Waals surface area contributed by atoms with Crippen molar-refractivity contribution in [2.24, 2.45) is 5.10 Å². The molecule has 2 amide bonds. The summed E-state index contributed by atoms with van der Waals surface area (Å²) >= 11 is 6.16. The van der Waals surface area contributed by atoms with Crippen LogP contribution in [0.25, 0.3) is 0 Å². The third-order valence-corrected chi connectivity index (χ3v) is 6.28. The Hall–Kier alpha value is -5.15. The van der Waals surface area contributed by atoms with Crippen molar-refractivity contribution >= 4 is 41.3 Å². The van der Waals surface area contributed by atoms with Gasteiger partial charge in [0.25, 0.3) is 11.8 Å². The molecule has 0 saturated heterocycles. The van der Waals surface area contributed by atoms with E-state index in [1.165, 1.54) is 12.3 Å². The van der Waals surface area contributed by atoms with E-state index >= 15 is 0 Å². The molecule has 0 bridgehead atoms. The summed E-state index contributed by atoms with van der Waals surface area (Å²) in [6.45, 7) is 6.49. The molecule has 0 fully saturated rings. The fourth-order valence-electron chi connectivity index (χ4n) is 3.89. The fraction of sp³-hybridized carbons (Fsp3) is 0.152. The SMILES string of the molecule is CCOc1ccc(C(=O)Oc2ccc(Cl)cc2/C=N/NC(=O)c2ccc(NC(=O)c3ccc(C)cc3)cc2)cc1OCC. The van der Waals surface area contributed by atoms with Crippen LogP contribution in [0.2, 0.25) is 5.02 Å². The molecule has 0 atom stereocenters. The summed E-state index contributed by atoms with van der Waals surface area (Å²) in [5.41, 5.74) is 5.52. The lowest BCUT2D eigenvalue weighted by atomic mass is 10.1. The smallest absolute Gasteiger partial charge is 0.343 e. The molecule has 9 nitrogen and oxygen atoms in total. The molecule has 0 radical (unpaired) electrons. The maximum absolute atomic E-state index is 12.9. The van der Waals surface area contributed by atoms with Crippen molar-refractivity contribution in [2.45, 2.75) is 20.8 Å². The van der Waals surface area contributed by atoms with Gasteiger partial charge in [-0.3, -0.25) is 9.59 Å². The molecule has 0 spiro atoms. The Balaban J connectivity index is 1.40. The summed E-state index contributed by atoms with van der Waals surface area (Å²) in [7, 11) is 0. The molecule has 2 N–H and O–H groups in total. The van der Waals surface area contributed by atoms with Gasteiger partial charge in [0.05, 0.1) is 25.0 Å². The predicted molar refractivity (Wildman–Crippen MR) is 166 cm³/mol. The lowest BCUT2D eigenvalue weighted by Crippen LogP contribution is -2.18. The van der Waals surface area contributed by atoms with Crippen molar-refractivity contribution in [1.29, 1.82) is 0 Å². The van der Waals surface area contributed by atoms with Gasteiger partial charge in [0.15, 0.2) is 11.5 Å². The van der Waals surface area contributed by atoms with Crippen LogP contribution in [0.3, 0.4) is 0 Å². The van der Waals surface area contributed by atoms with Gasteiger partial charge < -0.3 is 19.5 Å². The largest absolute Gasteiger partial charge is 0.490 e. The Morgan fingerprint density at radius 2 is 1.35 bits per heavy atom. The van der Waals surface area contributed by atoms with Crippen molar-refractivity contribution in [2.75, 3.05) is 18.5 Å². The van der Waals surface area contributed by atoms with Crippen molar-refractivity contribution in [3.05, 3.63) is 118 Å². The topological polar surface area (TPSA) is 115 Å². The fourth-order valence-corrected chi connectivity index (χ4v) is 4.07. The van der Waals surface area contributed by atoms with E-state index in [2.05, 4.69) is 15.8 Å². The van der Waals surface area contributed by atoms with E-state index in [0.717, 1.165) is 5.56 Å². The van der Waals surface area contributed by atoms with Gasteiger partial charge in [0, 0.05) is 27.4 Å². The molecular weight excluding hydrogens is 570 g/mol.